The van der Waals surface area contributed by atoms with E-state index in [0.29, 0.717) is 12.4 Å². The van der Waals surface area contributed by atoms with E-state index in [0.717, 1.165) is 31.5 Å². The van der Waals surface area contributed by atoms with Crippen molar-refractivity contribution in [3.8, 4) is 0 Å². The predicted molar refractivity (Wildman–Crippen MR) is 67.1 cm³/mol. The Hall–Kier alpha value is -1.46. The van der Waals surface area contributed by atoms with Crippen LogP contribution in [0.5, 0.6) is 0 Å². The molecule has 0 radical (unpaired) electrons. The van der Waals surface area contributed by atoms with Crippen molar-refractivity contribution in [2.45, 2.75) is 32.0 Å². The first kappa shape index (κ1) is 11.6. The number of piperidine rings is 1. The number of nitrogens with zero attached hydrogens (tertiary/aromatic N) is 1. The van der Waals surface area contributed by atoms with Gasteiger partial charge in [0.2, 0.25) is 5.91 Å². The van der Waals surface area contributed by atoms with Crippen LogP contribution in [0.3, 0.4) is 0 Å². The average Bonchev–Trinajstić information content (AvgIpc) is 2.68. The Morgan fingerprint density at radius 2 is 2.28 bits per heavy atom. The number of amides is 1. The largest absolute Gasteiger partial charge is 0.365 e. The number of ether oxygens (including phenoxy) is 1. The van der Waals surface area contributed by atoms with Crippen molar-refractivity contribution in [2.75, 3.05) is 18.4 Å². The van der Waals surface area contributed by atoms with E-state index in [2.05, 4.69) is 15.6 Å². The van der Waals surface area contributed by atoms with Crippen molar-refractivity contribution in [3.63, 3.8) is 0 Å². The van der Waals surface area contributed by atoms with Crippen LogP contribution < -0.4 is 10.6 Å². The second kappa shape index (κ2) is 4.33. The zero-order valence-electron chi connectivity index (χ0n) is 10.5. The minimum absolute atomic E-state index is 0.0991. The molecule has 0 unspecified atom stereocenters. The normalized spacial score (nSPS) is 20.7. The molecule has 1 amide bonds. The lowest BCUT2D eigenvalue weighted by molar-refractivity contribution is -0.114. The summed E-state index contributed by atoms with van der Waals surface area (Å²) in [6.07, 6.45) is 3.83. The Kier molecular flexibility index (Phi) is 2.80. The molecule has 2 aliphatic rings. The number of hydrogen-bond donors (Lipinski definition) is 2. The number of aromatic nitrogens is 1. The maximum absolute atomic E-state index is 11.0. The molecule has 0 aromatic carbocycles. The monoisotopic (exact) mass is 247 g/mol. The molecule has 1 fully saturated rings. The van der Waals surface area contributed by atoms with Gasteiger partial charge in [-0.25, -0.2) is 4.98 Å². The molecule has 3 rings (SSSR count). The van der Waals surface area contributed by atoms with E-state index in [1.807, 2.05) is 12.3 Å². The van der Waals surface area contributed by atoms with Crippen LogP contribution in [-0.4, -0.2) is 24.0 Å². The highest BCUT2D eigenvalue weighted by Crippen LogP contribution is 2.42. The Balaban J connectivity index is 1.91. The summed E-state index contributed by atoms with van der Waals surface area (Å²) < 4.78 is 6.02. The molecule has 5 nitrogen and oxygen atoms in total. The van der Waals surface area contributed by atoms with Crippen molar-refractivity contribution >= 4 is 11.7 Å². The molecular weight excluding hydrogens is 230 g/mol. The molecule has 3 heterocycles. The summed E-state index contributed by atoms with van der Waals surface area (Å²) in [6.45, 7) is 4.06. The minimum atomic E-state index is -0.150. The van der Waals surface area contributed by atoms with E-state index < -0.39 is 0 Å². The van der Waals surface area contributed by atoms with Gasteiger partial charge in [-0.3, -0.25) is 4.79 Å². The molecule has 5 heteroatoms. The minimum Gasteiger partial charge on any atom is -0.365 e. The average molecular weight is 247 g/mol. The van der Waals surface area contributed by atoms with E-state index in [1.165, 1.54) is 12.5 Å². The Morgan fingerprint density at radius 3 is 3.00 bits per heavy atom. The van der Waals surface area contributed by atoms with Gasteiger partial charge < -0.3 is 15.4 Å². The lowest BCUT2D eigenvalue weighted by Gasteiger charge is -2.33. The van der Waals surface area contributed by atoms with Crippen molar-refractivity contribution in [3.05, 3.63) is 23.4 Å². The summed E-state index contributed by atoms with van der Waals surface area (Å²) in [7, 11) is 0. The highest BCUT2D eigenvalue weighted by molar-refractivity contribution is 5.87. The van der Waals surface area contributed by atoms with Gasteiger partial charge in [0.05, 0.1) is 12.2 Å². The van der Waals surface area contributed by atoms with Crippen molar-refractivity contribution in [1.82, 2.24) is 10.3 Å². The van der Waals surface area contributed by atoms with Crippen LogP contribution in [0, 0.1) is 0 Å². The number of rotatable bonds is 1. The maximum atomic E-state index is 11.0. The van der Waals surface area contributed by atoms with Crippen LogP contribution >= 0.6 is 0 Å². The van der Waals surface area contributed by atoms with Crippen molar-refractivity contribution in [2.24, 2.45) is 0 Å². The number of fused-ring (bicyclic) bond motifs is 2. The quantitative estimate of drug-likeness (QED) is 0.781. The maximum Gasteiger partial charge on any atom is 0.222 e. The van der Waals surface area contributed by atoms with Gasteiger partial charge in [0.25, 0.3) is 0 Å². The van der Waals surface area contributed by atoms with E-state index >= 15 is 0 Å². The van der Waals surface area contributed by atoms with Gasteiger partial charge in [-0.15, -0.1) is 0 Å². The summed E-state index contributed by atoms with van der Waals surface area (Å²) in [5, 5.41) is 6.05. The van der Waals surface area contributed by atoms with Crippen LogP contribution in [0.4, 0.5) is 5.82 Å². The molecule has 1 aromatic rings. The zero-order chi connectivity index (χ0) is 12.6. The van der Waals surface area contributed by atoms with Gasteiger partial charge in [0.1, 0.15) is 5.82 Å². The van der Waals surface area contributed by atoms with Gasteiger partial charge in [-0.2, -0.15) is 0 Å². The van der Waals surface area contributed by atoms with Crippen molar-refractivity contribution in [1.29, 1.82) is 0 Å². The smallest absolute Gasteiger partial charge is 0.222 e. The third-order valence-electron chi connectivity index (χ3n) is 3.70. The van der Waals surface area contributed by atoms with Gasteiger partial charge in [-0.05, 0) is 37.6 Å². The molecular formula is C13H17N3O2. The first-order valence-electron chi connectivity index (χ1n) is 6.31. The molecule has 0 atom stereocenters. The van der Waals surface area contributed by atoms with Crippen LogP contribution in [-0.2, 0) is 21.7 Å². The first-order valence-corrected chi connectivity index (χ1v) is 6.31. The van der Waals surface area contributed by atoms with Crippen LogP contribution in [0.2, 0.25) is 0 Å². The summed E-state index contributed by atoms with van der Waals surface area (Å²) in [4.78, 5) is 15.3. The summed E-state index contributed by atoms with van der Waals surface area (Å²) in [6, 6.07) is 1.92. The number of pyridine rings is 1. The van der Waals surface area contributed by atoms with Gasteiger partial charge in [-0.1, -0.05) is 0 Å². The van der Waals surface area contributed by atoms with Crippen LogP contribution in [0.1, 0.15) is 30.9 Å². The zero-order valence-corrected chi connectivity index (χ0v) is 10.5. The lowest BCUT2D eigenvalue weighted by Crippen LogP contribution is -2.39. The van der Waals surface area contributed by atoms with E-state index in [9.17, 15) is 4.79 Å². The Morgan fingerprint density at radius 1 is 1.50 bits per heavy atom. The van der Waals surface area contributed by atoms with E-state index in [4.69, 9.17) is 4.74 Å². The number of carbonyl (C=O) groups excluding carboxylic acids is 1. The van der Waals surface area contributed by atoms with Gasteiger partial charge in [0, 0.05) is 18.7 Å². The molecule has 0 bridgehead atoms. The first-order chi connectivity index (χ1) is 8.70. The third kappa shape index (κ3) is 1.89. The van der Waals surface area contributed by atoms with Crippen LogP contribution in [0.25, 0.3) is 0 Å². The van der Waals surface area contributed by atoms with Gasteiger partial charge >= 0.3 is 0 Å². The Labute approximate surface area is 106 Å². The van der Waals surface area contributed by atoms with Gasteiger partial charge in [0.15, 0.2) is 0 Å². The summed E-state index contributed by atoms with van der Waals surface area (Å²) in [5.41, 5.74) is 2.19. The second-order valence-electron chi connectivity index (χ2n) is 4.94. The summed E-state index contributed by atoms with van der Waals surface area (Å²) in [5.74, 6) is 0.508. The van der Waals surface area contributed by atoms with Crippen LogP contribution in [0.15, 0.2) is 12.3 Å². The van der Waals surface area contributed by atoms with Crippen molar-refractivity contribution < 1.29 is 9.53 Å². The molecule has 1 spiro atoms. The predicted octanol–water partition coefficient (Wildman–Crippen LogP) is 1.15. The molecule has 96 valence electrons. The second-order valence-corrected chi connectivity index (χ2v) is 4.94. The molecule has 2 aliphatic heterocycles. The molecule has 0 saturated carbocycles. The molecule has 18 heavy (non-hydrogen) atoms. The molecule has 0 aliphatic carbocycles. The Bertz CT molecular complexity index is 481. The number of carbonyl (C=O) groups is 1. The number of anilines is 1. The van der Waals surface area contributed by atoms with E-state index in [1.54, 1.807) is 0 Å². The summed E-state index contributed by atoms with van der Waals surface area (Å²) >= 11 is 0. The number of nitrogens with one attached hydrogen (secondary N) is 2. The highest BCUT2D eigenvalue weighted by atomic mass is 16.5. The fourth-order valence-electron chi connectivity index (χ4n) is 2.81. The third-order valence-corrected chi connectivity index (χ3v) is 3.70. The molecule has 2 N–H and O–H groups in total. The SMILES string of the molecule is CC(=O)Nc1cc2c(cn1)C1(CCNCC1)OC2. The lowest BCUT2D eigenvalue weighted by atomic mass is 9.85. The standard InChI is InChI=1S/C13H17N3O2/c1-9(17)16-12-6-10-8-18-13(11(10)7-15-12)2-4-14-5-3-13/h6-7,14H,2-5,8H2,1H3,(H,15,16,17). The highest BCUT2D eigenvalue weighted by Gasteiger charge is 2.41. The molecule has 1 aromatic heterocycles. The van der Waals surface area contributed by atoms with E-state index in [-0.39, 0.29) is 11.5 Å². The fraction of sp³-hybridized carbons (Fsp3) is 0.538. The molecule has 1 saturated heterocycles. The number of hydrogen-bond acceptors (Lipinski definition) is 4. The fourth-order valence-corrected chi connectivity index (χ4v) is 2.81. The topological polar surface area (TPSA) is 63.2 Å².